The van der Waals surface area contributed by atoms with Gasteiger partial charge in [0.1, 0.15) is 5.76 Å². The summed E-state index contributed by atoms with van der Waals surface area (Å²) in [5.74, 6) is 0.361. The minimum atomic E-state index is -0.195. The molecule has 2 rings (SSSR count). The molecule has 104 valence electrons. The van der Waals surface area contributed by atoms with Crippen LogP contribution in [0.4, 0.5) is 5.69 Å². The smallest absolute Gasteiger partial charge is 0.251 e. The Morgan fingerprint density at radius 3 is 2.50 bits per heavy atom. The van der Waals surface area contributed by atoms with E-state index in [2.05, 4.69) is 26.6 Å². The number of rotatable bonds is 5. The standard InChI is InChI=1S/C14H13BrN2O3/c15-8-13(18)17-11-5-3-10(4-6-11)14(19)16-9-12-2-1-7-20-12/h1-7H,8-9H2,(H,16,19)(H,17,18). The highest BCUT2D eigenvalue weighted by molar-refractivity contribution is 9.09. The fraction of sp³-hybridized carbons (Fsp3) is 0.143. The quantitative estimate of drug-likeness (QED) is 0.824. The third-order valence-corrected chi connectivity index (χ3v) is 3.06. The van der Waals surface area contributed by atoms with Gasteiger partial charge in [0.2, 0.25) is 5.91 Å². The summed E-state index contributed by atoms with van der Waals surface area (Å²) in [6, 6.07) is 10.2. The molecule has 0 fully saturated rings. The Kier molecular flexibility index (Phi) is 4.95. The summed E-state index contributed by atoms with van der Waals surface area (Å²) >= 11 is 3.06. The Hall–Kier alpha value is -2.08. The Bertz CT molecular complexity index is 579. The van der Waals surface area contributed by atoms with Crippen LogP contribution in [0.5, 0.6) is 0 Å². The summed E-state index contributed by atoms with van der Waals surface area (Å²) in [4.78, 5) is 23.1. The largest absolute Gasteiger partial charge is 0.467 e. The van der Waals surface area contributed by atoms with Crippen LogP contribution in [0.15, 0.2) is 47.1 Å². The molecule has 0 saturated carbocycles. The van der Waals surface area contributed by atoms with Crippen molar-refractivity contribution in [1.82, 2.24) is 5.32 Å². The SMILES string of the molecule is O=C(CBr)Nc1ccc(C(=O)NCc2ccco2)cc1. The van der Waals surface area contributed by atoms with Crippen LogP contribution < -0.4 is 10.6 Å². The van der Waals surface area contributed by atoms with Crippen LogP contribution >= 0.6 is 15.9 Å². The third-order valence-electron chi connectivity index (χ3n) is 2.56. The van der Waals surface area contributed by atoms with Crippen molar-refractivity contribution in [3.63, 3.8) is 0 Å². The van der Waals surface area contributed by atoms with Crippen molar-refractivity contribution in [1.29, 1.82) is 0 Å². The first kappa shape index (κ1) is 14.3. The van der Waals surface area contributed by atoms with Crippen molar-refractivity contribution in [3.05, 3.63) is 54.0 Å². The molecule has 0 radical (unpaired) electrons. The summed E-state index contributed by atoms with van der Waals surface area (Å²) in [6.45, 7) is 0.341. The van der Waals surface area contributed by atoms with Crippen LogP contribution in [-0.2, 0) is 11.3 Å². The summed E-state index contributed by atoms with van der Waals surface area (Å²) in [5.41, 5.74) is 1.17. The van der Waals surface area contributed by atoms with Crippen molar-refractivity contribution in [3.8, 4) is 0 Å². The van der Waals surface area contributed by atoms with Gasteiger partial charge >= 0.3 is 0 Å². The van der Waals surface area contributed by atoms with Crippen LogP contribution in [0.3, 0.4) is 0 Å². The van der Waals surface area contributed by atoms with E-state index in [9.17, 15) is 9.59 Å². The van der Waals surface area contributed by atoms with Gasteiger partial charge in [-0.15, -0.1) is 0 Å². The van der Waals surface area contributed by atoms with E-state index in [-0.39, 0.29) is 17.1 Å². The second-order valence-electron chi connectivity index (χ2n) is 4.02. The van der Waals surface area contributed by atoms with E-state index >= 15 is 0 Å². The molecule has 0 aliphatic heterocycles. The molecule has 0 aliphatic rings. The van der Waals surface area contributed by atoms with Crippen molar-refractivity contribution in [2.45, 2.75) is 6.54 Å². The van der Waals surface area contributed by atoms with E-state index in [1.807, 2.05) is 0 Å². The van der Waals surface area contributed by atoms with E-state index < -0.39 is 0 Å². The molecule has 0 atom stereocenters. The van der Waals surface area contributed by atoms with Gasteiger partial charge < -0.3 is 15.1 Å². The predicted octanol–water partition coefficient (Wildman–Crippen LogP) is 2.54. The van der Waals surface area contributed by atoms with Crippen LogP contribution in [0.25, 0.3) is 0 Å². The minimum Gasteiger partial charge on any atom is -0.467 e. The lowest BCUT2D eigenvalue weighted by Crippen LogP contribution is -2.22. The summed E-state index contributed by atoms with van der Waals surface area (Å²) in [6.07, 6.45) is 1.56. The minimum absolute atomic E-state index is 0.139. The maximum absolute atomic E-state index is 11.9. The molecule has 20 heavy (non-hydrogen) atoms. The lowest BCUT2D eigenvalue weighted by atomic mass is 10.2. The number of alkyl halides is 1. The van der Waals surface area contributed by atoms with Gasteiger partial charge in [-0.05, 0) is 36.4 Å². The number of hydrogen-bond acceptors (Lipinski definition) is 3. The van der Waals surface area contributed by atoms with Gasteiger partial charge in [0.15, 0.2) is 0 Å². The fourth-order valence-corrected chi connectivity index (χ4v) is 1.72. The molecule has 0 aliphatic carbocycles. The summed E-state index contributed by atoms with van der Waals surface area (Å²) < 4.78 is 5.13. The maximum Gasteiger partial charge on any atom is 0.251 e. The Morgan fingerprint density at radius 1 is 1.15 bits per heavy atom. The number of hydrogen-bond donors (Lipinski definition) is 2. The number of nitrogens with one attached hydrogen (secondary N) is 2. The lowest BCUT2D eigenvalue weighted by Gasteiger charge is -2.06. The van der Waals surface area contributed by atoms with Gasteiger partial charge in [0, 0.05) is 11.3 Å². The normalized spacial score (nSPS) is 10.1. The lowest BCUT2D eigenvalue weighted by molar-refractivity contribution is -0.113. The van der Waals surface area contributed by atoms with Crippen LogP contribution in [-0.4, -0.2) is 17.1 Å². The van der Waals surface area contributed by atoms with Crippen molar-refractivity contribution < 1.29 is 14.0 Å². The van der Waals surface area contributed by atoms with Gasteiger partial charge in [-0.1, -0.05) is 15.9 Å². The second kappa shape index (κ2) is 6.91. The molecule has 0 bridgehead atoms. The Labute approximate surface area is 124 Å². The zero-order chi connectivity index (χ0) is 14.4. The average Bonchev–Trinajstić information content (AvgIpc) is 2.98. The number of furan rings is 1. The predicted molar refractivity (Wildman–Crippen MR) is 78.7 cm³/mol. The van der Waals surface area contributed by atoms with E-state index in [0.29, 0.717) is 23.6 Å². The van der Waals surface area contributed by atoms with Crippen LogP contribution in [0.2, 0.25) is 0 Å². The van der Waals surface area contributed by atoms with Gasteiger partial charge in [0.25, 0.3) is 5.91 Å². The van der Waals surface area contributed by atoms with Crippen LogP contribution in [0.1, 0.15) is 16.1 Å². The summed E-state index contributed by atoms with van der Waals surface area (Å²) in [5, 5.41) is 5.66. The number of amides is 2. The molecule has 5 nitrogen and oxygen atoms in total. The highest BCUT2D eigenvalue weighted by Crippen LogP contribution is 2.10. The zero-order valence-electron chi connectivity index (χ0n) is 10.6. The summed E-state index contributed by atoms with van der Waals surface area (Å²) in [7, 11) is 0. The van der Waals surface area contributed by atoms with Gasteiger partial charge in [-0.2, -0.15) is 0 Å². The molecule has 2 aromatic rings. The molecule has 0 unspecified atom stereocenters. The Morgan fingerprint density at radius 2 is 1.90 bits per heavy atom. The first-order valence-corrected chi connectivity index (χ1v) is 7.07. The molecular weight excluding hydrogens is 324 g/mol. The molecule has 1 aromatic heterocycles. The van der Waals surface area contributed by atoms with Crippen molar-refractivity contribution in [2.24, 2.45) is 0 Å². The molecule has 2 N–H and O–H groups in total. The molecule has 0 spiro atoms. The molecular formula is C14H13BrN2O3. The second-order valence-corrected chi connectivity index (χ2v) is 4.58. The number of anilines is 1. The molecule has 2 amide bonds. The van der Waals surface area contributed by atoms with Crippen molar-refractivity contribution in [2.75, 3.05) is 10.6 Å². The first-order chi connectivity index (χ1) is 9.69. The molecule has 6 heteroatoms. The zero-order valence-corrected chi connectivity index (χ0v) is 12.1. The van der Waals surface area contributed by atoms with Crippen molar-refractivity contribution >= 4 is 33.4 Å². The number of halogens is 1. The average molecular weight is 337 g/mol. The highest BCUT2D eigenvalue weighted by Gasteiger charge is 2.06. The fourth-order valence-electron chi connectivity index (χ4n) is 1.58. The molecule has 0 saturated heterocycles. The number of benzene rings is 1. The molecule has 1 aromatic carbocycles. The van der Waals surface area contributed by atoms with Crippen LogP contribution in [0, 0.1) is 0 Å². The van der Waals surface area contributed by atoms with E-state index in [4.69, 9.17) is 4.42 Å². The first-order valence-electron chi connectivity index (χ1n) is 5.95. The highest BCUT2D eigenvalue weighted by atomic mass is 79.9. The van der Waals surface area contributed by atoms with E-state index in [1.165, 1.54) is 0 Å². The van der Waals surface area contributed by atoms with Gasteiger partial charge in [-0.3, -0.25) is 9.59 Å². The number of carbonyl (C=O) groups is 2. The topological polar surface area (TPSA) is 71.3 Å². The molecule has 1 heterocycles. The van der Waals surface area contributed by atoms with Gasteiger partial charge in [-0.25, -0.2) is 0 Å². The van der Waals surface area contributed by atoms with E-state index in [1.54, 1.807) is 42.7 Å². The van der Waals surface area contributed by atoms with Gasteiger partial charge in [0.05, 0.1) is 18.1 Å². The number of carbonyl (C=O) groups excluding carboxylic acids is 2. The maximum atomic E-state index is 11.9. The Balaban J connectivity index is 1.91. The van der Waals surface area contributed by atoms with E-state index in [0.717, 1.165) is 0 Å². The third kappa shape index (κ3) is 3.96. The monoisotopic (exact) mass is 336 g/mol.